The first-order valence-electron chi connectivity index (χ1n) is 7.73. The van der Waals surface area contributed by atoms with E-state index in [4.69, 9.17) is 0 Å². The molecule has 0 aliphatic rings. The molecular weight excluding hydrogens is 390 g/mol. The van der Waals surface area contributed by atoms with Gasteiger partial charge < -0.3 is 0 Å². The average Bonchev–Trinajstić information content (AvgIpc) is 2.53. The van der Waals surface area contributed by atoms with Crippen molar-refractivity contribution in [3.05, 3.63) is 89.5 Å². The van der Waals surface area contributed by atoms with Gasteiger partial charge in [-0.25, -0.2) is 0 Å². The average molecular weight is 412 g/mol. The number of aryl methyl sites for hydroxylation is 3. The van der Waals surface area contributed by atoms with E-state index in [-0.39, 0.29) is 20.4 Å². The predicted octanol–water partition coefficient (Wildman–Crippen LogP) is 4.10. The molecule has 0 aromatic heterocycles. The van der Waals surface area contributed by atoms with Crippen molar-refractivity contribution in [1.82, 2.24) is 0 Å². The second kappa shape index (κ2) is 8.03. The zero-order valence-electron chi connectivity index (χ0n) is 13.7. The van der Waals surface area contributed by atoms with E-state index in [0.717, 1.165) is 0 Å². The maximum atomic E-state index is 2.31. The van der Waals surface area contributed by atoms with Crippen LogP contribution in [0.3, 0.4) is 0 Å². The van der Waals surface area contributed by atoms with Crippen molar-refractivity contribution in [2.75, 3.05) is 0 Å². The zero-order chi connectivity index (χ0) is 15.5. The Balaban J connectivity index is 0.00000192. The quantitative estimate of drug-likeness (QED) is 0.449. The summed E-state index contributed by atoms with van der Waals surface area (Å²) in [6.07, 6.45) is 0. The van der Waals surface area contributed by atoms with Gasteiger partial charge in [0.15, 0.2) is 0 Å². The van der Waals surface area contributed by atoms with Crippen LogP contribution < -0.4 is 15.9 Å². The van der Waals surface area contributed by atoms with Crippen LogP contribution in [0, 0.1) is 20.8 Å². The minimum Gasteiger partial charge on any atom is -0.0617 e. The van der Waals surface area contributed by atoms with E-state index >= 15 is 0 Å². The summed E-state index contributed by atoms with van der Waals surface area (Å²) in [5.74, 6) is 0. The zero-order valence-corrected chi connectivity index (χ0v) is 16.3. The van der Waals surface area contributed by atoms with Gasteiger partial charge in [-0.05, 0) is 55.7 Å². The summed E-state index contributed by atoms with van der Waals surface area (Å²) in [4.78, 5) is 0. The molecule has 3 aromatic rings. The molecule has 0 radical (unpaired) electrons. The molecular formula is C21H22PPd+. The third-order valence-corrected chi connectivity index (χ3v) is 7.54. The molecule has 0 saturated carbocycles. The second-order valence-corrected chi connectivity index (χ2v) is 8.19. The van der Waals surface area contributed by atoms with Crippen LogP contribution in [-0.4, -0.2) is 0 Å². The number of hydrogen-bond acceptors (Lipinski definition) is 0. The number of hydrogen-bond donors (Lipinski definition) is 0. The Bertz CT molecular complexity index is 687. The standard InChI is InChI=1S/C21H21P.Pd/c1-16-10-4-7-13-19(16)22(20-14-8-5-11-17(20)2)21-15-9-6-12-18(21)3;/h4-15H,1-3H3;/p+1. The Morgan fingerprint density at radius 3 is 1.00 bits per heavy atom. The van der Waals surface area contributed by atoms with Gasteiger partial charge in [-0.3, -0.25) is 0 Å². The predicted molar refractivity (Wildman–Crippen MR) is 101 cm³/mol. The van der Waals surface area contributed by atoms with Crippen LogP contribution in [0.15, 0.2) is 72.8 Å². The molecule has 0 amide bonds. The summed E-state index contributed by atoms with van der Waals surface area (Å²) in [5.41, 5.74) is 4.17. The smallest absolute Gasteiger partial charge is 0.0617 e. The minimum absolute atomic E-state index is 0. The summed E-state index contributed by atoms with van der Waals surface area (Å²) >= 11 is 0. The topological polar surface area (TPSA) is 0 Å². The fourth-order valence-electron chi connectivity index (χ4n) is 3.00. The van der Waals surface area contributed by atoms with Crippen molar-refractivity contribution in [2.45, 2.75) is 20.8 Å². The van der Waals surface area contributed by atoms with Gasteiger partial charge in [-0.15, -0.1) is 0 Å². The molecule has 0 unspecified atom stereocenters. The summed E-state index contributed by atoms with van der Waals surface area (Å²) < 4.78 is 0. The Morgan fingerprint density at radius 1 is 0.478 bits per heavy atom. The van der Waals surface area contributed by atoms with Gasteiger partial charge in [0.2, 0.25) is 0 Å². The van der Waals surface area contributed by atoms with Crippen molar-refractivity contribution < 1.29 is 20.4 Å². The van der Waals surface area contributed by atoms with E-state index in [1.165, 1.54) is 32.6 Å². The van der Waals surface area contributed by atoms with Crippen LogP contribution in [0.2, 0.25) is 0 Å². The molecule has 23 heavy (non-hydrogen) atoms. The SMILES string of the molecule is Cc1ccccc1[PH+](c1ccccc1C)c1ccccc1C.[Pd]. The van der Waals surface area contributed by atoms with Gasteiger partial charge in [0, 0.05) is 20.4 Å². The fraction of sp³-hybridized carbons (Fsp3) is 0.143. The third kappa shape index (κ3) is 3.81. The summed E-state index contributed by atoms with van der Waals surface area (Å²) in [5, 5.41) is 4.49. The van der Waals surface area contributed by atoms with Crippen molar-refractivity contribution in [2.24, 2.45) is 0 Å². The van der Waals surface area contributed by atoms with Gasteiger partial charge in [0.05, 0.1) is 7.92 Å². The van der Waals surface area contributed by atoms with Crippen molar-refractivity contribution in [1.29, 1.82) is 0 Å². The van der Waals surface area contributed by atoms with Gasteiger partial charge in [0.25, 0.3) is 0 Å². The second-order valence-electron chi connectivity index (χ2n) is 5.82. The number of rotatable bonds is 3. The largest absolute Gasteiger partial charge is 0.105 e. The molecule has 0 N–H and O–H groups in total. The Hall–Kier alpha value is -1.25. The normalized spacial score (nSPS) is 10.4. The first-order chi connectivity index (χ1) is 10.7. The van der Waals surface area contributed by atoms with Crippen molar-refractivity contribution in [3.63, 3.8) is 0 Å². The van der Waals surface area contributed by atoms with Crippen molar-refractivity contribution >= 4 is 23.8 Å². The van der Waals surface area contributed by atoms with Gasteiger partial charge >= 0.3 is 0 Å². The first kappa shape index (κ1) is 18.1. The molecule has 120 valence electrons. The molecule has 0 nitrogen and oxygen atoms in total. The molecule has 0 atom stereocenters. The van der Waals surface area contributed by atoms with Crippen LogP contribution >= 0.6 is 7.92 Å². The Labute approximate surface area is 154 Å². The molecule has 0 saturated heterocycles. The van der Waals surface area contributed by atoms with E-state index < -0.39 is 7.92 Å². The van der Waals surface area contributed by atoms with Crippen molar-refractivity contribution in [3.8, 4) is 0 Å². The first-order valence-corrected chi connectivity index (χ1v) is 9.23. The van der Waals surface area contributed by atoms with E-state index in [0.29, 0.717) is 0 Å². The molecule has 3 rings (SSSR count). The number of benzene rings is 3. The van der Waals surface area contributed by atoms with Crippen LogP contribution in [0.1, 0.15) is 16.7 Å². The summed E-state index contributed by atoms with van der Waals surface area (Å²) in [6.45, 7) is 6.70. The Kier molecular flexibility index (Phi) is 6.32. The molecule has 2 heteroatoms. The van der Waals surface area contributed by atoms with Crippen LogP contribution in [-0.2, 0) is 20.4 Å². The third-order valence-electron chi connectivity index (χ3n) is 4.24. The molecule has 0 aliphatic carbocycles. The van der Waals surface area contributed by atoms with E-state index in [1.54, 1.807) is 0 Å². The molecule has 0 heterocycles. The monoisotopic (exact) mass is 411 g/mol. The molecule has 0 fully saturated rings. The van der Waals surface area contributed by atoms with Gasteiger partial charge in [-0.1, -0.05) is 54.6 Å². The molecule has 3 aromatic carbocycles. The van der Waals surface area contributed by atoms with Crippen LogP contribution in [0.5, 0.6) is 0 Å². The molecule has 0 spiro atoms. The van der Waals surface area contributed by atoms with Gasteiger partial charge in [0.1, 0.15) is 15.9 Å². The summed E-state index contributed by atoms with van der Waals surface area (Å²) in [7, 11) is -0.968. The molecule has 0 bridgehead atoms. The Morgan fingerprint density at radius 2 is 0.739 bits per heavy atom. The van der Waals surface area contributed by atoms with E-state index in [9.17, 15) is 0 Å². The maximum Gasteiger partial charge on any atom is 0.105 e. The maximum absolute atomic E-state index is 2.31. The van der Waals surface area contributed by atoms with E-state index in [1.807, 2.05) is 0 Å². The minimum atomic E-state index is -0.968. The van der Waals surface area contributed by atoms with Crippen LogP contribution in [0.25, 0.3) is 0 Å². The van der Waals surface area contributed by atoms with Crippen LogP contribution in [0.4, 0.5) is 0 Å². The fourth-order valence-corrected chi connectivity index (χ4v) is 6.09. The molecule has 0 aliphatic heterocycles. The van der Waals surface area contributed by atoms with Gasteiger partial charge in [-0.2, -0.15) is 0 Å². The summed E-state index contributed by atoms with van der Waals surface area (Å²) in [6, 6.07) is 26.5. The van der Waals surface area contributed by atoms with E-state index in [2.05, 4.69) is 93.6 Å².